The van der Waals surface area contributed by atoms with Gasteiger partial charge in [0.15, 0.2) is 0 Å². The largest absolute Gasteiger partial charge is 0.489 e. The van der Waals surface area contributed by atoms with Crippen LogP contribution >= 0.6 is 11.6 Å². The Labute approximate surface area is 167 Å². The van der Waals surface area contributed by atoms with Crippen molar-refractivity contribution in [2.75, 3.05) is 6.61 Å². The van der Waals surface area contributed by atoms with Gasteiger partial charge in [0.05, 0.1) is 23.3 Å². The number of nitrogens with two attached hydrogens (primary N) is 1. The fraction of sp³-hybridized carbons (Fsp3) is 0.565. The van der Waals surface area contributed by atoms with Crippen molar-refractivity contribution in [1.29, 1.82) is 0 Å². The van der Waals surface area contributed by atoms with E-state index in [1.54, 1.807) is 0 Å². The molecule has 1 aliphatic rings. The molecule has 148 valence electrons. The normalized spacial score (nSPS) is 23.2. The minimum absolute atomic E-state index is 0.106. The Morgan fingerprint density at radius 3 is 2.33 bits per heavy atom. The number of hydrogen-bond acceptors (Lipinski definition) is 3. The van der Waals surface area contributed by atoms with Crippen LogP contribution in [0.2, 0.25) is 5.02 Å². The first-order valence-electron chi connectivity index (χ1n) is 9.91. The van der Waals surface area contributed by atoms with E-state index < -0.39 is 5.54 Å². The molecule has 0 bridgehead atoms. The molecule has 3 rings (SSSR count). The molecule has 0 aliphatic heterocycles. The predicted octanol–water partition coefficient (Wildman–Crippen LogP) is 5.64. The maximum absolute atomic E-state index is 9.50. The van der Waals surface area contributed by atoms with E-state index >= 15 is 0 Å². The van der Waals surface area contributed by atoms with Crippen LogP contribution < -0.4 is 10.5 Å². The molecule has 3 nitrogen and oxygen atoms in total. The summed E-state index contributed by atoms with van der Waals surface area (Å²) < 4.78 is 6.28. The van der Waals surface area contributed by atoms with Crippen molar-refractivity contribution in [2.45, 2.75) is 65.0 Å². The molecule has 4 heteroatoms. The van der Waals surface area contributed by atoms with Gasteiger partial charge in [-0.3, -0.25) is 0 Å². The Morgan fingerprint density at radius 1 is 1.07 bits per heavy atom. The van der Waals surface area contributed by atoms with Crippen molar-refractivity contribution in [1.82, 2.24) is 0 Å². The van der Waals surface area contributed by atoms with Gasteiger partial charge in [0.2, 0.25) is 0 Å². The van der Waals surface area contributed by atoms with Crippen molar-refractivity contribution in [3.05, 3.63) is 40.9 Å². The minimum Gasteiger partial charge on any atom is -0.489 e. The highest BCUT2D eigenvalue weighted by Gasteiger charge is 2.30. The van der Waals surface area contributed by atoms with Crippen LogP contribution in [0.15, 0.2) is 30.3 Å². The summed E-state index contributed by atoms with van der Waals surface area (Å²) in [5.41, 5.74) is 6.65. The van der Waals surface area contributed by atoms with Gasteiger partial charge in [-0.25, -0.2) is 0 Å². The molecule has 1 fully saturated rings. The molecule has 0 saturated heterocycles. The summed E-state index contributed by atoms with van der Waals surface area (Å²) in [6.45, 7) is 8.70. The lowest BCUT2D eigenvalue weighted by molar-refractivity contribution is 0.0884. The molecule has 1 unspecified atom stereocenters. The highest BCUT2D eigenvalue weighted by atomic mass is 35.5. The van der Waals surface area contributed by atoms with Crippen LogP contribution in [-0.2, 0) is 5.54 Å². The van der Waals surface area contributed by atoms with Gasteiger partial charge in [0.1, 0.15) is 5.75 Å². The van der Waals surface area contributed by atoms with E-state index in [1.165, 1.54) is 12.8 Å². The number of halogens is 1. The van der Waals surface area contributed by atoms with Gasteiger partial charge >= 0.3 is 0 Å². The van der Waals surface area contributed by atoms with Crippen LogP contribution in [0, 0.1) is 11.3 Å². The number of benzene rings is 2. The molecule has 27 heavy (non-hydrogen) atoms. The first-order valence-corrected chi connectivity index (χ1v) is 10.3. The number of hydrogen-bond donors (Lipinski definition) is 2. The number of aliphatic hydroxyl groups excluding tert-OH is 1. The van der Waals surface area contributed by atoms with Crippen molar-refractivity contribution in [3.63, 3.8) is 0 Å². The maximum atomic E-state index is 9.50. The number of rotatable bonds is 4. The van der Waals surface area contributed by atoms with Crippen LogP contribution in [0.1, 0.15) is 58.9 Å². The van der Waals surface area contributed by atoms with Gasteiger partial charge in [0.25, 0.3) is 0 Å². The van der Waals surface area contributed by atoms with Gasteiger partial charge in [-0.1, -0.05) is 50.6 Å². The molecule has 1 aliphatic carbocycles. The third kappa shape index (κ3) is 4.42. The molecular weight excluding hydrogens is 358 g/mol. The average Bonchev–Trinajstić information content (AvgIpc) is 2.63. The molecule has 2 aromatic carbocycles. The van der Waals surface area contributed by atoms with Crippen molar-refractivity contribution >= 4 is 22.4 Å². The van der Waals surface area contributed by atoms with Gasteiger partial charge in [-0.2, -0.15) is 0 Å². The van der Waals surface area contributed by atoms with Gasteiger partial charge in [-0.15, -0.1) is 0 Å². The Kier molecular flexibility index (Phi) is 5.77. The molecular formula is C23H32ClNO2. The summed E-state index contributed by atoms with van der Waals surface area (Å²) in [6.07, 6.45) is 4.81. The molecule has 1 atom stereocenters. The quantitative estimate of drug-likeness (QED) is 0.711. The summed E-state index contributed by atoms with van der Waals surface area (Å²) in [7, 11) is 0. The predicted molar refractivity (Wildman–Crippen MR) is 113 cm³/mol. The lowest BCUT2D eigenvalue weighted by Gasteiger charge is -2.37. The topological polar surface area (TPSA) is 55.5 Å². The lowest BCUT2D eigenvalue weighted by atomic mass is 9.72. The zero-order valence-corrected chi connectivity index (χ0v) is 17.6. The molecule has 1 saturated carbocycles. The van der Waals surface area contributed by atoms with Crippen LogP contribution in [0.5, 0.6) is 5.75 Å². The number of ether oxygens (including phenoxy) is 1. The van der Waals surface area contributed by atoms with Crippen LogP contribution in [0.4, 0.5) is 0 Å². The highest BCUT2D eigenvalue weighted by molar-refractivity contribution is 6.37. The molecule has 2 aromatic rings. The monoisotopic (exact) mass is 389 g/mol. The average molecular weight is 390 g/mol. The van der Waals surface area contributed by atoms with Gasteiger partial charge in [0, 0.05) is 5.39 Å². The van der Waals surface area contributed by atoms with Crippen LogP contribution in [0.25, 0.3) is 10.8 Å². The summed E-state index contributed by atoms with van der Waals surface area (Å²) >= 11 is 6.66. The summed E-state index contributed by atoms with van der Waals surface area (Å²) in [4.78, 5) is 0. The smallest absolute Gasteiger partial charge is 0.138 e. The van der Waals surface area contributed by atoms with E-state index in [0.717, 1.165) is 40.8 Å². The fourth-order valence-electron chi connectivity index (χ4n) is 4.04. The molecule has 3 N–H and O–H groups in total. The maximum Gasteiger partial charge on any atom is 0.138 e. The van der Waals surface area contributed by atoms with E-state index in [-0.39, 0.29) is 12.7 Å². The molecule has 0 heterocycles. The Balaban J connectivity index is 1.77. The summed E-state index contributed by atoms with van der Waals surface area (Å²) in [5.74, 6) is 1.52. The Morgan fingerprint density at radius 2 is 1.74 bits per heavy atom. The first-order chi connectivity index (χ1) is 12.6. The van der Waals surface area contributed by atoms with E-state index in [1.807, 2.05) is 37.3 Å². The minimum atomic E-state index is -0.762. The second-order valence-corrected chi connectivity index (χ2v) is 9.72. The van der Waals surface area contributed by atoms with Crippen LogP contribution in [0.3, 0.4) is 0 Å². The first kappa shape index (κ1) is 20.4. The van der Waals surface area contributed by atoms with E-state index in [2.05, 4.69) is 20.8 Å². The zero-order chi connectivity index (χ0) is 19.8. The SMILES string of the molecule is CC(N)(CO)c1ccc2c(Cl)c(OC3CCC(C(C)(C)C)CC3)ccc2c1. The second-order valence-electron chi connectivity index (χ2n) is 9.35. The second kappa shape index (κ2) is 7.62. The Bertz CT molecular complexity index is 802. The van der Waals surface area contributed by atoms with E-state index in [0.29, 0.717) is 10.4 Å². The van der Waals surface area contributed by atoms with Crippen molar-refractivity contribution < 1.29 is 9.84 Å². The zero-order valence-electron chi connectivity index (χ0n) is 16.9. The van der Waals surface area contributed by atoms with Gasteiger partial charge in [-0.05, 0) is 67.0 Å². The van der Waals surface area contributed by atoms with E-state index in [9.17, 15) is 5.11 Å². The fourth-order valence-corrected chi connectivity index (χ4v) is 4.32. The standard InChI is InChI=1S/C23H32ClNO2/c1-22(2,3)16-6-9-18(10-7-16)27-20-12-5-15-13-17(23(4,25)14-26)8-11-19(15)21(20)24/h5,8,11-13,16,18,26H,6-7,9-10,14,25H2,1-4H3. The van der Waals surface area contributed by atoms with Gasteiger partial charge < -0.3 is 15.6 Å². The number of fused-ring (bicyclic) bond motifs is 1. The third-order valence-electron chi connectivity index (χ3n) is 6.10. The summed E-state index contributed by atoms with van der Waals surface area (Å²) in [5, 5.41) is 12.1. The highest BCUT2D eigenvalue weighted by Crippen LogP contribution is 2.40. The third-order valence-corrected chi connectivity index (χ3v) is 6.49. The molecule has 0 amide bonds. The lowest BCUT2D eigenvalue weighted by Crippen LogP contribution is -2.36. The van der Waals surface area contributed by atoms with Crippen molar-refractivity contribution in [3.8, 4) is 5.75 Å². The number of aliphatic hydroxyl groups is 1. The Hall–Kier alpha value is -1.29. The molecule has 0 aromatic heterocycles. The van der Waals surface area contributed by atoms with Crippen molar-refractivity contribution in [2.24, 2.45) is 17.1 Å². The molecule has 0 radical (unpaired) electrons. The summed E-state index contributed by atoms with van der Waals surface area (Å²) in [6, 6.07) is 9.88. The van der Waals surface area contributed by atoms with E-state index in [4.69, 9.17) is 22.1 Å². The molecule has 0 spiro atoms. The van der Waals surface area contributed by atoms with Crippen LogP contribution in [-0.4, -0.2) is 17.8 Å².